The lowest BCUT2D eigenvalue weighted by Crippen LogP contribution is -2.50. The number of hydrogen-bond acceptors (Lipinski definition) is 7. The Morgan fingerprint density at radius 2 is 1.90 bits per heavy atom. The fourth-order valence-corrected chi connectivity index (χ4v) is 5.06. The third-order valence-electron chi connectivity index (χ3n) is 7.72. The second-order valence-electron chi connectivity index (χ2n) is 11.9. The summed E-state index contributed by atoms with van der Waals surface area (Å²) in [5, 5.41) is 26.7. The van der Waals surface area contributed by atoms with E-state index in [4.69, 9.17) is 0 Å². The summed E-state index contributed by atoms with van der Waals surface area (Å²) in [6, 6.07) is 9.64. The van der Waals surface area contributed by atoms with Crippen molar-refractivity contribution >= 4 is 28.4 Å². The maximum Gasteiger partial charge on any atom is 0.264 e. The van der Waals surface area contributed by atoms with Gasteiger partial charge in [-0.3, -0.25) is 19.3 Å². The van der Waals surface area contributed by atoms with E-state index in [0.29, 0.717) is 37.0 Å². The Kier molecular flexibility index (Phi) is 6.05. The minimum absolute atomic E-state index is 0.0190. The van der Waals surface area contributed by atoms with Crippen LogP contribution in [0.25, 0.3) is 16.7 Å². The number of aromatic amines is 1. The zero-order valence-electron chi connectivity index (χ0n) is 22.5. The number of anilines is 2. The molecule has 2 fully saturated rings. The number of nitrogens with one attached hydrogen (secondary N) is 2. The molecule has 0 radical (unpaired) electrons. The van der Waals surface area contributed by atoms with Gasteiger partial charge >= 0.3 is 0 Å². The first kappa shape index (κ1) is 25.3. The highest BCUT2D eigenvalue weighted by atomic mass is 16.3. The largest absolute Gasteiger partial charge is 0.388 e. The molecule has 6 rings (SSSR count). The molecule has 3 aromatic heterocycles. The molecule has 0 spiro atoms. The van der Waals surface area contributed by atoms with Gasteiger partial charge in [0.1, 0.15) is 11.7 Å². The van der Waals surface area contributed by atoms with Crippen LogP contribution in [0.15, 0.2) is 47.7 Å². The Balaban J connectivity index is 1.16. The van der Waals surface area contributed by atoms with Crippen molar-refractivity contribution in [2.75, 3.05) is 18.4 Å². The second kappa shape index (κ2) is 9.33. The standard InChI is InChI=1S/C28H34N8O3/c1-27(2,3)22-14-23(33-32-22)31-19-6-8-20(9-7-19)36-24-21(15-30-36)26(38)35(17-29-24)16-28(39)10-12-34(13-11-28)25(37)18-4-5-18/h6-9,14-15,17-18,39H,4-5,10-13,16H2,1-3H3,(H2,31,32,33). The van der Waals surface area contributed by atoms with Crippen LogP contribution >= 0.6 is 0 Å². The summed E-state index contributed by atoms with van der Waals surface area (Å²) in [6.45, 7) is 7.53. The number of likely N-dealkylation sites (tertiary alicyclic amines) is 1. The maximum atomic E-state index is 13.3. The Morgan fingerprint density at radius 3 is 2.54 bits per heavy atom. The number of carbonyl (C=O) groups is 1. The lowest BCUT2D eigenvalue weighted by molar-refractivity contribution is -0.137. The molecular formula is C28H34N8O3. The third-order valence-corrected chi connectivity index (χ3v) is 7.72. The number of amides is 1. The van der Waals surface area contributed by atoms with E-state index in [1.807, 2.05) is 35.2 Å². The summed E-state index contributed by atoms with van der Waals surface area (Å²) in [4.78, 5) is 32.0. The van der Waals surface area contributed by atoms with Crippen molar-refractivity contribution in [3.8, 4) is 5.69 Å². The highest BCUT2D eigenvalue weighted by Crippen LogP contribution is 2.33. The zero-order valence-corrected chi connectivity index (χ0v) is 22.5. The van der Waals surface area contributed by atoms with Gasteiger partial charge in [-0.05, 0) is 49.9 Å². The van der Waals surface area contributed by atoms with E-state index in [1.54, 1.807) is 4.68 Å². The number of aromatic nitrogens is 6. The zero-order chi connectivity index (χ0) is 27.4. The van der Waals surface area contributed by atoms with E-state index in [2.05, 4.69) is 46.4 Å². The van der Waals surface area contributed by atoms with E-state index >= 15 is 0 Å². The number of hydrogen-bond donors (Lipinski definition) is 3. The number of piperidine rings is 1. The fourth-order valence-electron chi connectivity index (χ4n) is 5.06. The normalized spacial score (nSPS) is 17.5. The van der Waals surface area contributed by atoms with Crippen LogP contribution in [-0.2, 0) is 16.8 Å². The van der Waals surface area contributed by atoms with Crippen molar-refractivity contribution in [2.24, 2.45) is 5.92 Å². The lowest BCUT2D eigenvalue weighted by atomic mass is 9.91. The van der Waals surface area contributed by atoms with Crippen molar-refractivity contribution in [3.63, 3.8) is 0 Å². The van der Waals surface area contributed by atoms with E-state index in [1.165, 1.54) is 17.1 Å². The first-order chi connectivity index (χ1) is 18.6. The first-order valence-electron chi connectivity index (χ1n) is 13.5. The van der Waals surface area contributed by atoms with Crippen molar-refractivity contribution in [3.05, 3.63) is 58.9 Å². The van der Waals surface area contributed by atoms with Gasteiger partial charge in [-0.2, -0.15) is 10.2 Å². The third kappa shape index (κ3) is 5.06. The van der Waals surface area contributed by atoms with E-state index in [0.717, 1.165) is 35.7 Å². The summed E-state index contributed by atoms with van der Waals surface area (Å²) in [5.41, 5.74) is 1.82. The van der Waals surface area contributed by atoms with Crippen molar-refractivity contribution < 1.29 is 9.90 Å². The molecule has 1 saturated heterocycles. The summed E-state index contributed by atoms with van der Waals surface area (Å²) < 4.78 is 3.09. The topological polar surface area (TPSA) is 134 Å². The average Bonchev–Trinajstić information content (AvgIpc) is 3.48. The Bertz CT molecular complexity index is 1560. The SMILES string of the molecule is CC(C)(C)c1cc(Nc2ccc(-n3ncc4c(=O)n(CC5(O)CCN(C(=O)C6CC6)CC5)cnc43)cc2)n[nH]1. The van der Waals surface area contributed by atoms with E-state index in [-0.39, 0.29) is 29.3 Å². The summed E-state index contributed by atoms with van der Waals surface area (Å²) in [6.07, 6.45) is 5.81. The van der Waals surface area contributed by atoms with Gasteiger partial charge < -0.3 is 15.3 Å². The van der Waals surface area contributed by atoms with Crippen LogP contribution in [-0.4, -0.2) is 64.1 Å². The summed E-state index contributed by atoms with van der Waals surface area (Å²) in [5.74, 6) is 1.11. The highest BCUT2D eigenvalue weighted by Gasteiger charge is 2.39. The van der Waals surface area contributed by atoms with Crippen LogP contribution in [0.1, 0.15) is 52.1 Å². The quantitative estimate of drug-likeness (QED) is 0.349. The number of benzene rings is 1. The Hall–Kier alpha value is -3.99. The molecule has 204 valence electrons. The molecular weight excluding hydrogens is 496 g/mol. The summed E-state index contributed by atoms with van der Waals surface area (Å²) >= 11 is 0. The molecule has 2 aliphatic rings. The van der Waals surface area contributed by atoms with Gasteiger partial charge in [-0.25, -0.2) is 9.67 Å². The lowest BCUT2D eigenvalue weighted by Gasteiger charge is -2.38. The van der Waals surface area contributed by atoms with Crippen molar-refractivity contribution in [1.82, 2.24) is 34.4 Å². The van der Waals surface area contributed by atoms with Crippen molar-refractivity contribution in [2.45, 2.75) is 64.0 Å². The second-order valence-corrected chi connectivity index (χ2v) is 11.9. The van der Waals surface area contributed by atoms with Crippen LogP contribution in [0, 0.1) is 5.92 Å². The molecule has 1 amide bonds. The maximum absolute atomic E-state index is 13.3. The van der Waals surface area contributed by atoms with Gasteiger partial charge in [0.2, 0.25) is 5.91 Å². The Labute approximate surface area is 225 Å². The molecule has 1 aliphatic heterocycles. The molecule has 1 aromatic carbocycles. The van der Waals surface area contributed by atoms with Gasteiger partial charge in [0.15, 0.2) is 11.5 Å². The predicted octanol–water partition coefficient (Wildman–Crippen LogP) is 3.11. The van der Waals surface area contributed by atoms with Gasteiger partial charge in [-0.1, -0.05) is 20.8 Å². The molecule has 39 heavy (non-hydrogen) atoms. The number of aliphatic hydroxyl groups is 1. The van der Waals surface area contributed by atoms with E-state index in [9.17, 15) is 14.7 Å². The molecule has 3 N–H and O–H groups in total. The smallest absolute Gasteiger partial charge is 0.264 e. The van der Waals surface area contributed by atoms with Gasteiger partial charge in [0.25, 0.3) is 5.56 Å². The van der Waals surface area contributed by atoms with Crippen LogP contribution in [0.2, 0.25) is 0 Å². The molecule has 11 heteroatoms. The molecule has 0 unspecified atom stereocenters. The van der Waals surface area contributed by atoms with Gasteiger partial charge in [0.05, 0.1) is 24.0 Å². The number of H-pyrrole nitrogens is 1. The van der Waals surface area contributed by atoms with E-state index < -0.39 is 5.60 Å². The predicted molar refractivity (Wildman–Crippen MR) is 147 cm³/mol. The molecule has 11 nitrogen and oxygen atoms in total. The van der Waals surface area contributed by atoms with Gasteiger partial charge in [-0.15, -0.1) is 0 Å². The van der Waals surface area contributed by atoms with Gasteiger partial charge in [0, 0.05) is 41.9 Å². The van der Waals surface area contributed by atoms with Crippen LogP contribution in [0.3, 0.4) is 0 Å². The minimum Gasteiger partial charge on any atom is -0.388 e. The molecule has 4 aromatic rings. The minimum atomic E-state index is -1.06. The fraction of sp³-hybridized carbons (Fsp3) is 0.464. The monoisotopic (exact) mass is 530 g/mol. The molecule has 1 saturated carbocycles. The molecule has 4 heterocycles. The number of fused-ring (bicyclic) bond motifs is 1. The first-order valence-corrected chi connectivity index (χ1v) is 13.5. The molecule has 1 aliphatic carbocycles. The van der Waals surface area contributed by atoms with Crippen LogP contribution in [0.4, 0.5) is 11.5 Å². The average molecular weight is 531 g/mol. The van der Waals surface area contributed by atoms with Crippen LogP contribution < -0.4 is 10.9 Å². The molecule has 0 bridgehead atoms. The highest BCUT2D eigenvalue weighted by molar-refractivity contribution is 5.81. The summed E-state index contributed by atoms with van der Waals surface area (Å²) in [7, 11) is 0. The van der Waals surface area contributed by atoms with Crippen molar-refractivity contribution in [1.29, 1.82) is 0 Å². The molecule has 0 atom stereocenters. The van der Waals surface area contributed by atoms with Crippen LogP contribution in [0.5, 0.6) is 0 Å². The Morgan fingerprint density at radius 1 is 1.18 bits per heavy atom. The number of rotatable bonds is 6. The number of nitrogens with zero attached hydrogens (tertiary/aromatic N) is 6. The number of carbonyl (C=O) groups excluding carboxylic acids is 1.